The van der Waals surface area contributed by atoms with Crippen molar-refractivity contribution in [3.05, 3.63) is 65.8 Å². The first-order valence-electron chi connectivity index (χ1n) is 6.43. The largest absolute Gasteiger partial charge is 0.653 e. The van der Waals surface area contributed by atoms with Crippen LogP contribution in [0.2, 0.25) is 0 Å². The van der Waals surface area contributed by atoms with E-state index in [-0.39, 0.29) is 5.41 Å². The Morgan fingerprint density at radius 3 is 2.55 bits per heavy atom. The van der Waals surface area contributed by atoms with Gasteiger partial charge in [-0.05, 0) is 12.1 Å². The number of para-hydroxylation sites is 1. The topological polar surface area (TPSA) is 48.1 Å². The Kier molecular flexibility index (Phi) is 4.49. The summed E-state index contributed by atoms with van der Waals surface area (Å²) in [7, 11) is 0. The van der Waals surface area contributed by atoms with Crippen molar-refractivity contribution in [1.29, 1.82) is 0 Å². The summed E-state index contributed by atoms with van der Waals surface area (Å²) in [6.45, 7) is 10.4. The first kappa shape index (κ1) is 15.1. The molecule has 2 aromatic rings. The van der Waals surface area contributed by atoms with Gasteiger partial charge < -0.3 is 9.52 Å². The fourth-order valence-corrected chi connectivity index (χ4v) is 2.59. The molecule has 100 valence electrons. The number of hydrogen-bond donors (Lipinski definition) is 1. The predicted octanol–water partition coefficient (Wildman–Crippen LogP) is 2.39. The lowest BCUT2D eigenvalue weighted by Gasteiger charge is -2.29. The van der Waals surface area contributed by atoms with Crippen LogP contribution in [0.3, 0.4) is 0 Å². The van der Waals surface area contributed by atoms with Crippen LogP contribution >= 0.6 is 0 Å². The Bertz CT molecular complexity index is 611. The fraction of sp³-hybridized carbons (Fsp3) is 0.250. The van der Waals surface area contributed by atoms with Gasteiger partial charge in [0, 0.05) is 35.7 Å². The van der Waals surface area contributed by atoms with E-state index in [2.05, 4.69) is 35.5 Å². The summed E-state index contributed by atoms with van der Waals surface area (Å²) in [5.74, 6) is 0.786. The minimum Gasteiger partial charge on any atom is -0.653 e. The number of rotatable bonds is 4. The minimum absolute atomic E-state index is 0.327. The third kappa shape index (κ3) is 2.73. The van der Waals surface area contributed by atoms with Crippen LogP contribution in [0.4, 0.5) is 0 Å². The average molecular weight is 280 g/mol. The smallest absolute Gasteiger partial charge is 0.482 e. The van der Waals surface area contributed by atoms with Crippen LogP contribution < -0.4 is 9.52 Å². The van der Waals surface area contributed by atoms with Crippen LogP contribution in [0.15, 0.2) is 36.4 Å². The van der Waals surface area contributed by atoms with Crippen molar-refractivity contribution in [2.45, 2.75) is 25.8 Å². The molecule has 0 bridgehead atoms. The van der Waals surface area contributed by atoms with E-state index >= 15 is 0 Å². The molecule has 0 atom stereocenters. The number of aromatic nitrogens is 1. The zero-order chi connectivity index (χ0) is 14.8. The molecule has 3 nitrogen and oxygen atoms in total. The second kappa shape index (κ2) is 5.97. The molecule has 0 spiro atoms. The Balaban J connectivity index is 2.59. The lowest BCUT2D eigenvalue weighted by molar-refractivity contribution is 0.543. The maximum atomic E-state index is 5.79. The highest BCUT2D eigenvalue weighted by atomic mass is 27.1. The van der Waals surface area contributed by atoms with E-state index in [9.17, 15) is 0 Å². The number of pyridine rings is 1. The molecular weight excluding hydrogens is 263 g/mol. The lowest BCUT2D eigenvalue weighted by Crippen LogP contribution is -2.22. The summed E-state index contributed by atoms with van der Waals surface area (Å²) in [6, 6.07) is 11.6. The minimum atomic E-state index is -0.327. The maximum Gasteiger partial charge on any atom is 0.482 e. The third-order valence-corrected chi connectivity index (χ3v) is 3.75. The van der Waals surface area contributed by atoms with Crippen molar-refractivity contribution >= 4 is 16.6 Å². The highest BCUT2D eigenvalue weighted by Gasteiger charge is 2.28. The molecule has 0 saturated heterocycles. The molecule has 1 aromatic heterocycles. The molecule has 1 heterocycles. The predicted molar refractivity (Wildman–Crippen MR) is 80.5 cm³/mol. The van der Waals surface area contributed by atoms with E-state index in [0.29, 0.717) is 12.2 Å². The molecule has 1 aromatic carbocycles. The van der Waals surface area contributed by atoms with Gasteiger partial charge in [0.1, 0.15) is 0 Å². The molecule has 20 heavy (non-hydrogen) atoms. The second-order valence-corrected chi connectivity index (χ2v) is 5.42. The van der Waals surface area contributed by atoms with Crippen LogP contribution in [0, 0.1) is 6.92 Å². The Morgan fingerprint density at radius 2 is 1.95 bits per heavy atom. The molecular formula is C16H17AlN2O. The molecule has 0 amide bonds. The van der Waals surface area contributed by atoms with Crippen LogP contribution in [0.5, 0.6) is 5.75 Å². The first-order chi connectivity index (χ1) is 9.50. The summed E-state index contributed by atoms with van der Waals surface area (Å²) in [4.78, 5) is 4.44. The molecule has 0 saturated carbocycles. The number of benzene rings is 1. The standard InChI is InChI=1S/C16H18N2O.Al/c1-11-6-4-9-14(18-11)16(2,3)13-8-5-7-12(10-17)15(13)19;/h1,4-9,19H,10,17H2,2-3H3;/q;+1/p-1. The van der Waals surface area contributed by atoms with Crippen molar-refractivity contribution < 1.29 is 3.79 Å². The van der Waals surface area contributed by atoms with Crippen LogP contribution in [0.1, 0.15) is 36.4 Å². The zero-order valence-electron chi connectivity index (χ0n) is 11.8. The average Bonchev–Trinajstić information content (AvgIpc) is 2.46. The highest BCUT2D eigenvalue weighted by Crippen LogP contribution is 2.38. The summed E-state index contributed by atoms with van der Waals surface area (Å²) < 4.78 is 5.48. The van der Waals surface area contributed by atoms with E-state index in [1.54, 1.807) is 6.07 Å². The molecule has 4 heteroatoms. The summed E-state index contributed by atoms with van der Waals surface area (Å²) in [6.07, 6.45) is 0. The zero-order valence-corrected chi connectivity index (χ0v) is 12.9. The van der Waals surface area contributed by atoms with Gasteiger partial charge in [0.2, 0.25) is 0 Å². The molecule has 0 unspecified atom stereocenters. The number of nitrogens with zero attached hydrogens (tertiary/aromatic N) is 1. The Hall–Kier alpha value is -1.34. The lowest BCUT2D eigenvalue weighted by atomic mass is 9.79. The SMILES string of the molecule is [CH]c1cccc(C(C)(C)c2cccc(CN)c2[O][Al])n1. The fourth-order valence-electron chi connectivity index (χ4n) is 2.31. The van der Waals surface area contributed by atoms with Gasteiger partial charge in [-0.25, -0.2) is 0 Å². The monoisotopic (exact) mass is 280 g/mol. The van der Waals surface area contributed by atoms with E-state index in [0.717, 1.165) is 22.6 Å². The summed E-state index contributed by atoms with van der Waals surface area (Å²) in [5, 5.41) is 0. The van der Waals surface area contributed by atoms with Crippen LogP contribution in [0.25, 0.3) is 0 Å². The number of hydrogen-bond acceptors (Lipinski definition) is 3. The normalized spacial score (nSPS) is 11.4. The molecule has 0 fully saturated rings. The molecule has 4 radical (unpaired) electrons. The summed E-state index contributed by atoms with van der Waals surface area (Å²) >= 11 is 2.29. The summed E-state index contributed by atoms with van der Waals surface area (Å²) in [5.41, 5.74) is 8.86. The van der Waals surface area contributed by atoms with Crippen molar-refractivity contribution in [3.8, 4) is 5.75 Å². The Morgan fingerprint density at radius 1 is 1.25 bits per heavy atom. The molecule has 0 aliphatic rings. The Labute approximate surface area is 128 Å². The van der Waals surface area contributed by atoms with E-state index in [1.165, 1.54) is 0 Å². The van der Waals surface area contributed by atoms with Gasteiger partial charge in [-0.15, -0.1) is 0 Å². The van der Waals surface area contributed by atoms with Crippen LogP contribution in [-0.4, -0.2) is 21.6 Å². The third-order valence-electron chi connectivity index (χ3n) is 3.52. The highest BCUT2D eigenvalue weighted by molar-refractivity contribution is 6.00. The molecule has 2 rings (SSSR count). The molecule has 2 N–H and O–H groups in total. The molecule has 0 aliphatic heterocycles. The van der Waals surface area contributed by atoms with Gasteiger partial charge >= 0.3 is 16.6 Å². The van der Waals surface area contributed by atoms with Crippen molar-refractivity contribution in [2.75, 3.05) is 0 Å². The van der Waals surface area contributed by atoms with E-state index < -0.39 is 0 Å². The van der Waals surface area contributed by atoms with Crippen LogP contribution in [-0.2, 0) is 12.0 Å². The van der Waals surface area contributed by atoms with Gasteiger partial charge in [-0.1, -0.05) is 38.1 Å². The van der Waals surface area contributed by atoms with Gasteiger partial charge in [0.25, 0.3) is 0 Å². The van der Waals surface area contributed by atoms with Gasteiger partial charge in [0.05, 0.1) is 11.4 Å². The second-order valence-electron chi connectivity index (χ2n) is 5.19. The van der Waals surface area contributed by atoms with Crippen molar-refractivity contribution in [3.63, 3.8) is 0 Å². The van der Waals surface area contributed by atoms with Crippen molar-refractivity contribution in [2.24, 2.45) is 5.73 Å². The number of nitrogens with two attached hydrogens (primary N) is 1. The quantitative estimate of drug-likeness (QED) is 0.875. The van der Waals surface area contributed by atoms with Gasteiger partial charge in [0.15, 0.2) is 0 Å². The first-order valence-corrected chi connectivity index (χ1v) is 6.90. The van der Waals surface area contributed by atoms with Gasteiger partial charge in [-0.2, -0.15) is 0 Å². The van der Waals surface area contributed by atoms with Crippen molar-refractivity contribution in [1.82, 2.24) is 4.98 Å². The molecule has 0 aliphatic carbocycles. The van der Waals surface area contributed by atoms with E-state index in [1.807, 2.05) is 30.3 Å². The van der Waals surface area contributed by atoms with E-state index in [4.69, 9.17) is 16.4 Å². The van der Waals surface area contributed by atoms with Gasteiger partial charge in [-0.3, -0.25) is 4.98 Å². The maximum absolute atomic E-state index is 5.79.